The van der Waals surface area contributed by atoms with Crippen LogP contribution >= 0.6 is 0 Å². The molecule has 15 heavy (non-hydrogen) atoms. The first-order chi connectivity index (χ1) is 7.45. The van der Waals surface area contributed by atoms with E-state index in [0.29, 0.717) is 6.61 Å². The summed E-state index contributed by atoms with van der Waals surface area (Å²) in [5, 5.41) is 0. The molecular formula is C12H12N2O. The summed E-state index contributed by atoms with van der Waals surface area (Å²) < 4.78 is 1.58. The van der Waals surface area contributed by atoms with Gasteiger partial charge < -0.3 is 4.84 Å². The quantitative estimate of drug-likeness (QED) is 0.755. The molecule has 0 atom stereocenters. The number of aromatic nitrogens is 2. The standard InChI is InChI=1S/C12H12N2O/c1-2-5-12(6-3-1)7-4-10-15-14-9-8-13-11-14/h1-9,11H,10H2. The summed E-state index contributed by atoms with van der Waals surface area (Å²) in [6.07, 6.45) is 9.06. The fourth-order valence-electron chi connectivity index (χ4n) is 1.20. The molecule has 0 aliphatic heterocycles. The van der Waals surface area contributed by atoms with Crippen molar-refractivity contribution in [3.63, 3.8) is 0 Å². The summed E-state index contributed by atoms with van der Waals surface area (Å²) in [5.41, 5.74) is 1.17. The van der Waals surface area contributed by atoms with Crippen molar-refractivity contribution in [1.29, 1.82) is 0 Å². The Kier molecular flexibility index (Phi) is 3.18. The first-order valence-electron chi connectivity index (χ1n) is 4.78. The lowest BCUT2D eigenvalue weighted by Gasteiger charge is -2.00. The molecule has 0 unspecified atom stereocenters. The van der Waals surface area contributed by atoms with Gasteiger partial charge in [-0.3, -0.25) is 0 Å². The molecule has 0 saturated heterocycles. The van der Waals surface area contributed by atoms with E-state index in [0.717, 1.165) is 0 Å². The van der Waals surface area contributed by atoms with Crippen LogP contribution in [-0.4, -0.2) is 16.3 Å². The van der Waals surface area contributed by atoms with E-state index >= 15 is 0 Å². The zero-order valence-electron chi connectivity index (χ0n) is 8.28. The Bertz CT molecular complexity index is 406. The Morgan fingerprint density at radius 2 is 2.13 bits per heavy atom. The Morgan fingerprint density at radius 3 is 2.87 bits per heavy atom. The zero-order valence-corrected chi connectivity index (χ0v) is 8.28. The van der Waals surface area contributed by atoms with Gasteiger partial charge in [0.15, 0.2) is 0 Å². The third kappa shape index (κ3) is 2.98. The average molecular weight is 200 g/mol. The molecule has 3 nitrogen and oxygen atoms in total. The number of rotatable bonds is 4. The average Bonchev–Trinajstić information content (AvgIpc) is 2.79. The molecule has 1 aromatic carbocycles. The highest BCUT2D eigenvalue weighted by molar-refractivity contribution is 5.48. The molecule has 0 fully saturated rings. The van der Waals surface area contributed by atoms with E-state index in [1.165, 1.54) is 5.56 Å². The molecular weight excluding hydrogens is 188 g/mol. The van der Waals surface area contributed by atoms with Crippen molar-refractivity contribution in [1.82, 2.24) is 9.71 Å². The Labute approximate surface area is 88.6 Å². The summed E-state index contributed by atoms with van der Waals surface area (Å²) in [6.45, 7) is 0.533. The Morgan fingerprint density at radius 1 is 1.27 bits per heavy atom. The van der Waals surface area contributed by atoms with Crippen LogP contribution in [-0.2, 0) is 0 Å². The smallest absolute Gasteiger partial charge is 0.133 e. The second-order valence-electron chi connectivity index (χ2n) is 3.03. The normalized spacial score (nSPS) is 10.7. The summed E-state index contributed by atoms with van der Waals surface area (Å²) in [6, 6.07) is 10.1. The van der Waals surface area contributed by atoms with Crippen molar-refractivity contribution in [3.05, 3.63) is 60.7 Å². The topological polar surface area (TPSA) is 27.1 Å². The maximum atomic E-state index is 5.34. The van der Waals surface area contributed by atoms with E-state index in [1.807, 2.05) is 42.5 Å². The molecule has 0 aliphatic carbocycles. The van der Waals surface area contributed by atoms with Crippen LogP contribution in [0.15, 0.2) is 55.1 Å². The van der Waals surface area contributed by atoms with Gasteiger partial charge >= 0.3 is 0 Å². The first-order valence-corrected chi connectivity index (χ1v) is 4.78. The minimum atomic E-state index is 0.533. The lowest BCUT2D eigenvalue weighted by molar-refractivity contribution is 0.135. The summed E-state index contributed by atoms with van der Waals surface area (Å²) in [4.78, 5) is 9.21. The molecule has 1 aromatic heterocycles. The van der Waals surface area contributed by atoms with Gasteiger partial charge in [-0.15, -0.1) is 0 Å². The molecule has 76 valence electrons. The second-order valence-corrected chi connectivity index (χ2v) is 3.03. The van der Waals surface area contributed by atoms with Crippen molar-refractivity contribution in [2.45, 2.75) is 0 Å². The van der Waals surface area contributed by atoms with Gasteiger partial charge in [-0.25, -0.2) is 4.98 Å². The number of nitrogens with zero attached hydrogens (tertiary/aromatic N) is 2. The van der Waals surface area contributed by atoms with E-state index in [-0.39, 0.29) is 0 Å². The van der Waals surface area contributed by atoms with E-state index in [2.05, 4.69) is 4.98 Å². The maximum Gasteiger partial charge on any atom is 0.133 e. The molecule has 0 bridgehead atoms. The van der Waals surface area contributed by atoms with Crippen molar-refractivity contribution in [2.24, 2.45) is 0 Å². The highest BCUT2D eigenvalue weighted by atomic mass is 16.7. The summed E-state index contributed by atoms with van der Waals surface area (Å²) >= 11 is 0. The number of hydrogen-bond acceptors (Lipinski definition) is 2. The molecule has 2 aromatic rings. The lowest BCUT2D eigenvalue weighted by atomic mass is 10.2. The molecule has 0 saturated carbocycles. The van der Waals surface area contributed by atoms with Gasteiger partial charge in [0.1, 0.15) is 12.9 Å². The van der Waals surface area contributed by atoms with Crippen LogP contribution in [0.4, 0.5) is 0 Å². The van der Waals surface area contributed by atoms with Gasteiger partial charge in [0.2, 0.25) is 0 Å². The van der Waals surface area contributed by atoms with Gasteiger partial charge in [-0.05, 0) is 11.6 Å². The van der Waals surface area contributed by atoms with Crippen molar-refractivity contribution in [2.75, 3.05) is 6.61 Å². The molecule has 1 heterocycles. The van der Waals surface area contributed by atoms with E-state index < -0.39 is 0 Å². The van der Waals surface area contributed by atoms with Crippen LogP contribution in [0.2, 0.25) is 0 Å². The van der Waals surface area contributed by atoms with Crippen LogP contribution in [0, 0.1) is 0 Å². The Balaban J connectivity index is 1.81. The number of benzene rings is 1. The van der Waals surface area contributed by atoms with Crippen LogP contribution < -0.4 is 4.84 Å². The number of imidazole rings is 1. The van der Waals surface area contributed by atoms with E-state index in [4.69, 9.17) is 4.84 Å². The van der Waals surface area contributed by atoms with Gasteiger partial charge in [-0.2, -0.15) is 4.73 Å². The largest absolute Gasteiger partial charge is 0.409 e. The molecule has 0 N–H and O–H groups in total. The van der Waals surface area contributed by atoms with Gasteiger partial charge in [0, 0.05) is 6.20 Å². The summed E-state index contributed by atoms with van der Waals surface area (Å²) in [5.74, 6) is 0. The third-order valence-electron chi connectivity index (χ3n) is 1.91. The van der Waals surface area contributed by atoms with Crippen LogP contribution in [0.3, 0.4) is 0 Å². The molecule has 0 amide bonds. The second kappa shape index (κ2) is 5.00. The van der Waals surface area contributed by atoms with Gasteiger partial charge in [0.25, 0.3) is 0 Å². The van der Waals surface area contributed by atoms with Crippen molar-refractivity contribution in [3.8, 4) is 0 Å². The van der Waals surface area contributed by atoms with Crippen molar-refractivity contribution >= 4 is 6.08 Å². The maximum absolute atomic E-state index is 5.34. The molecule has 0 radical (unpaired) electrons. The SMILES string of the molecule is C(=Cc1ccccc1)COn1ccnc1. The van der Waals surface area contributed by atoms with Crippen LogP contribution in [0.1, 0.15) is 5.56 Å². The highest BCUT2D eigenvalue weighted by Gasteiger charge is 1.86. The third-order valence-corrected chi connectivity index (χ3v) is 1.91. The van der Waals surface area contributed by atoms with Gasteiger partial charge in [-0.1, -0.05) is 36.4 Å². The fraction of sp³-hybridized carbons (Fsp3) is 0.0833. The van der Waals surface area contributed by atoms with E-state index in [1.54, 1.807) is 23.5 Å². The molecule has 0 aliphatic rings. The monoisotopic (exact) mass is 200 g/mol. The summed E-state index contributed by atoms with van der Waals surface area (Å²) in [7, 11) is 0. The highest BCUT2D eigenvalue weighted by Crippen LogP contribution is 2.00. The molecule has 2 rings (SSSR count). The predicted octanol–water partition coefficient (Wildman–Crippen LogP) is 2.03. The number of hydrogen-bond donors (Lipinski definition) is 0. The van der Waals surface area contributed by atoms with E-state index in [9.17, 15) is 0 Å². The first kappa shape index (κ1) is 9.52. The predicted molar refractivity (Wildman–Crippen MR) is 59.2 cm³/mol. The Hall–Kier alpha value is -2.03. The molecule has 0 spiro atoms. The van der Waals surface area contributed by atoms with Gasteiger partial charge in [0.05, 0.1) is 6.20 Å². The van der Waals surface area contributed by atoms with Crippen molar-refractivity contribution < 1.29 is 4.84 Å². The minimum absolute atomic E-state index is 0.533. The van der Waals surface area contributed by atoms with Crippen LogP contribution in [0.25, 0.3) is 6.08 Å². The zero-order chi connectivity index (χ0) is 10.3. The minimum Gasteiger partial charge on any atom is -0.409 e. The fourth-order valence-corrected chi connectivity index (χ4v) is 1.20. The van der Waals surface area contributed by atoms with Crippen LogP contribution in [0.5, 0.6) is 0 Å². The lowest BCUT2D eigenvalue weighted by Crippen LogP contribution is -2.08. The molecule has 3 heteroatoms.